The molecule has 17 heavy (non-hydrogen) atoms. The minimum absolute atomic E-state index is 0.592. The molecule has 1 aliphatic carbocycles. The van der Waals surface area contributed by atoms with Crippen LogP contribution < -0.4 is 5.32 Å². The lowest BCUT2D eigenvalue weighted by Crippen LogP contribution is -2.17. The topological polar surface area (TPSA) is 25.2 Å². The van der Waals surface area contributed by atoms with Gasteiger partial charge in [0.25, 0.3) is 0 Å². The van der Waals surface area contributed by atoms with Crippen LogP contribution in [0.1, 0.15) is 23.7 Å². The molecule has 2 nitrogen and oxygen atoms in total. The van der Waals surface area contributed by atoms with Crippen molar-refractivity contribution in [3.63, 3.8) is 0 Å². The highest BCUT2D eigenvalue weighted by Gasteiger charge is 2.37. The molecule has 3 rings (SSSR count). The van der Waals surface area contributed by atoms with Crippen molar-refractivity contribution in [3.8, 4) is 0 Å². The third-order valence-corrected chi connectivity index (χ3v) is 3.94. The van der Waals surface area contributed by atoms with E-state index in [1.807, 2.05) is 6.07 Å². The molecule has 0 saturated heterocycles. The molecule has 3 heteroatoms. The molecule has 0 radical (unpaired) electrons. The zero-order valence-electron chi connectivity index (χ0n) is 9.40. The summed E-state index contributed by atoms with van der Waals surface area (Å²) in [7, 11) is 0. The fourth-order valence-electron chi connectivity index (χ4n) is 2.16. The Balaban J connectivity index is 1.55. The van der Waals surface area contributed by atoms with E-state index in [0.717, 1.165) is 16.8 Å². The van der Waals surface area contributed by atoms with Gasteiger partial charge in [-0.15, -0.1) is 0 Å². The van der Waals surface area contributed by atoms with Crippen LogP contribution in [0.4, 0.5) is 0 Å². The van der Waals surface area contributed by atoms with Crippen molar-refractivity contribution in [2.45, 2.75) is 24.9 Å². The lowest BCUT2D eigenvalue weighted by atomic mass is 10.1. The van der Waals surface area contributed by atoms with Crippen molar-refractivity contribution >= 4 is 15.9 Å². The van der Waals surface area contributed by atoms with Crippen LogP contribution in [0.3, 0.4) is 0 Å². The number of halogens is 1. The van der Waals surface area contributed by atoms with E-state index in [1.54, 1.807) is 6.26 Å². The van der Waals surface area contributed by atoms with Crippen LogP contribution in [0, 0.1) is 0 Å². The maximum absolute atomic E-state index is 5.37. The van der Waals surface area contributed by atoms with Gasteiger partial charge in [-0.1, -0.05) is 30.3 Å². The molecule has 1 N–H and O–H groups in total. The molecular weight excluding hydrogens is 278 g/mol. The van der Waals surface area contributed by atoms with Gasteiger partial charge in [0.1, 0.15) is 5.76 Å². The van der Waals surface area contributed by atoms with E-state index >= 15 is 0 Å². The highest BCUT2D eigenvalue weighted by Crippen LogP contribution is 2.40. The third-order valence-electron chi connectivity index (χ3n) is 3.23. The van der Waals surface area contributed by atoms with Crippen LogP contribution in [0.15, 0.2) is 51.6 Å². The Labute approximate surface area is 109 Å². The largest absolute Gasteiger partial charge is 0.467 e. The average Bonchev–Trinajstić information content (AvgIpc) is 3.04. The smallest absolute Gasteiger partial charge is 0.131 e. The van der Waals surface area contributed by atoms with Crippen LogP contribution in [0.2, 0.25) is 0 Å². The highest BCUT2D eigenvalue weighted by atomic mass is 79.9. The first-order chi connectivity index (χ1) is 8.34. The Bertz CT molecular complexity index is 494. The Hall–Kier alpha value is -1.06. The summed E-state index contributed by atoms with van der Waals surface area (Å²) in [4.78, 5) is 0. The number of nitrogens with one attached hydrogen (secondary N) is 1. The summed E-state index contributed by atoms with van der Waals surface area (Å²) < 4.78 is 6.42. The van der Waals surface area contributed by atoms with Crippen molar-refractivity contribution < 1.29 is 4.42 Å². The minimum atomic E-state index is 0.592. The van der Waals surface area contributed by atoms with Gasteiger partial charge in [-0.05, 0) is 34.0 Å². The summed E-state index contributed by atoms with van der Waals surface area (Å²) in [6.07, 6.45) is 2.94. The van der Waals surface area contributed by atoms with Crippen LogP contribution >= 0.6 is 15.9 Å². The average molecular weight is 292 g/mol. The summed E-state index contributed by atoms with van der Waals surface area (Å²) >= 11 is 3.46. The molecule has 0 spiro atoms. The molecule has 0 bridgehead atoms. The van der Waals surface area contributed by atoms with Crippen LogP contribution in [0.5, 0.6) is 0 Å². The van der Waals surface area contributed by atoms with E-state index in [9.17, 15) is 0 Å². The maximum atomic E-state index is 5.37. The highest BCUT2D eigenvalue weighted by molar-refractivity contribution is 9.10. The summed E-state index contributed by atoms with van der Waals surface area (Å²) in [6, 6.07) is 13.2. The van der Waals surface area contributed by atoms with E-state index in [-0.39, 0.29) is 0 Å². The standard InChI is InChI=1S/C14H14BrNO/c15-12-6-7-17-14(12)9-16-13-8-11(13)10-4-2-1-3-5-10/h1-7,11,13,16H,8-9H2. The molecule has 0 amide bonds. The molecule has 0 aliphatic heterocycles. The zero-order chi connectivity index (χ0) is 11.7. The molecule has 1 saturated carbocycles. The van der Waals surface area contributed by atoms with Crippen molar-refractivity contribution in [2.75, 3.05) is 0 Å². The molecule has 88 valence electrons. The second-order valence-electron chi connectivity index (χ2n) is 4.43. The fourth-order valence-corrected chi connectivity index (χ4v) is 2.51. The molecule has 1 aromatic heterocycles. The fraction of sp³-hybridized carbons (Fsp3) is 0.286. The lowest BCUT2D eigenvalue weighted by Gasteiger charge is -2.02. The number of hydrogen-bond acceptors (Lipinski definition) is 2. The van der Waals surface area contributed by atoms with E-state index in [2.05, 4.69) is 51.6 Å². The van der Waals surface area contributed by atoms with Crippen molar-refractivity contribution in [3.05, 3.63) is 58.5 Å². The first-order valence-electron chi connectivity index (χ1n) is 5.85. The van der Waals surface area contributed by atoms with E-state index < -0.39 is 0 Å². The first kappa shape index (κ1) is 11.1. The van der Waals surface area contributed by atoms with Gasteiger partial charge in [0, 0.05) is 12.0 Å². The zero-order valence-corrected chi connectivity index (χ0v) is 11.0. The van der Waals surface area contributed by atoms with Crippen LogP contribution in [-0.2, 0) is 6.54 Å². The lowest BCUT2D eigenvalue weighted by molar-refractivity contribution is 0.478. The van der Waals surface area contributed by atoms with Gasteiger partial charge in [-0.25, -0.2) is 0 Å². The van der Waals surface area contributed by atoms with Crippen molar-refractivity contribution in [1.82, 2.24) is 5.32 Å². The summed E-state index contributed by atoms with van der Waals surface area (Å²) in [5, 5.41) is 3.52. The second kappa shape index (κ2) is 4.67. The van der Waals surface area contributed by atoms with E-state index in [4.69, 9.17) is 4.42 Å². The number of furan rings is 1. The van der Waals surface area contributed by atoms with E-state index in [1.165, 1.54) is 12.0 Å². The first-order valence-corrected chi connectivity index (χ1v) is 6.64. The van der Waals surface area contributed by atoms with Gasteiger partial charge in [0.15, 0.2) is 0 Å². The number of rotatable bonds is 4. The van der Waals surface area contributed by atoms with Gasteiger partial charge in [-0.2, -0.15) is 0 Å². The normalized spacial score (nSPS) is 22.6. The Morgan fingerprint density at radius 3 is 2.76 bits per heavy atom. The van der Waals surface area contributed by atoms with Crippen molar-refractivity contribution in [2.24, 2.45) is 0 Å². The van der Waals surface area contributed by atoms with Crippen LogP contribution in [0.25, 0.3) is 0 Å². The Kier molecular flexibility index (Phi) is 3.04. The molecule has 1 fully saturated rings. The summed E-state index contributed by atoms with van der Waals surface area (Å²) in [5.41, 5.74) is 1.43. The SMILES string of the molecule is Brc1ccoc1CNC1CC1c1ccccc1. The Morgan fingerprint density at radius 2 is 2.06 bits per heavy atom. The molecule has 2 aromatic rings. The predicted octanol–water partition coefficient (Wildman–Crippen LogP) is 3.69. The molecule has 2 atom stereocenters. The predicted molar refractivity (Wildman–Crippen MR) is 70.8 cm³/mol. The number of hydrogen-bond donors (Lipinski definition) is 1. The monoisotopic (exact) mass is 291 g/mol. The van der Waals surface area contributed by atoms with Gasteiger partial charge < -0.3 is 9.73 Å². The molecular formula is C14H14BrNO. The van der Waals surface area contributed by atoms with Crippen LogP contribution in [-0.4, -0.2) is 6.04 Å². The summed E-state index contributed by atoms with van der Waals surface area (Å²) in [6.45, 7) is 0.793. The van der Waals surface area contributed by atoms with E-state index in [0.29, 0.717) is 12.0 Å². The maximum Gasteiger partial charge on any atom is 0.131 e. The molecule has 1 heterocycles. The quantitative estimate of drug-likeness (QED) is 0.929. The third kappa shape index (κ3) is 2.45. The van der Waals surface area contributed by atoms with Gasteiger partial charge in [0.05, 0.1) is 17.3 Å². The number of benzene rings is 1. The van der Waals surface area contributed by atoms with Gasteiger partial charge in [-0.3, -0.25) is 0 Å². The Morgan fingerprint density at radius 1 is 1.24 bits per heavy atom. The second-order valence-corrected chi connectivity index (χ2v) is 5.29. The van der Waals surface area contributed by atoms with Crippen molar-refractivity contribution in [1.29, 1.82) is 0 Å². The molecule has 1 aromatic carbocycles. The van der Waals surface area contributed by atoms with Gasteiger partial charge >= 0.3 is 0 Å². The molecule has 2 unspecified atom stereocenters. The molecule has 1 aliphatic rings. The van der Waals surface area contributed by atoms with Gasteiger partial charge in [0.2, 0.25) is 0 Å². The minimum Gasteiger partial charge on any atom is -0.467 e. The summed E-state index contributed by atoms with van der Waals surface area (Å²) in [5.74, 6) is 1.65.